The van der Waals surface area contributed by atoms with Crippen molar-refractivity contribution in [2.75, 3.05) is 5.75 Å². The minimum atomic E-state index is -3.27. The van der Waals surface area contributed by atoms with Gasteiger partial charge in [0.05, 0.1) is 10.6 Å². The molecule has 17 heavy (non-hydrogen) atoms. The highest BCUT2D eigenvalue weighted by molar-refractivity contribution is 7.91. The lowest BCUT2D eigenvalue weighted by Crippen LogP contribution is -2.14. The van der Waals surface area contributed by atoms with Gasteiger partial charge in [-0.2, -0.15) is 0 Å². The van der Waals surface area contributed by atoms with Crippen molar-refractivity contribution in [3.63, 3.8) is 0 Å². The van der Waals surface area contributed by atoms with Crippen LogP contribution in [0.2, 0.25) is 0 Å². The maximum absolute atomic E-state index is 11.9. The van der Waals surface area contributed by atoms with Crippen LogP contribution in [0.3, 0.4) is 0 Å². The third kappa shape index (κ3) is 2.94. The molecule has 0 saturated carbocycles. The molecule has 1 rings (SSSR count). The lowest BCUT2D eigenvalue weighted by atomic mass is 9.95. The van der Waals surface area contributed by atoms with Gasteiger partial charge in [-0.15, -0.1) is 0 Å². The second-order valence-electron chi connectivity index (χ2n) is 3.98. The van der Waals surface area contributed by atoms with E-state index in [4.69, 9.17) is 0 Å². The molecule has 0 heterocycles. The number of ketones is 1. The zero-order valence-corrected chi connectivity index (χ0v) is 11.3. The summed E-state index contributed by atoms with van der Waals surface area (Å²) in [5, 5.41) is 0. The molecule has 1 unspecified atom stereocenters. The Bertz CT molecular complexity index is 503. The summed E-state index contributed by atoms with van der Waals surface area (Å²) >= 11 is 0. The standard InChI is InChI=1S/C13H18O3S/c1-4-12(14)10(3)11-8-6-7-9-13(11)17(15,16)5-2/h6-10H,4-5H2,1-3H3. The molecule has 3 nitrogen and oxygen atoms in total. The van der Waals surface area contributed by atoms with E-state index in [-0.39, 0.29) is 22.3 Å². The van der Waals surface area contributed by atoms with Gasteiger partial charge in [0.2, 0.25) is 0 Å². The largest absolute Gasteiger partial charge is 0.299 e. The number of hydrogen-bond donors (Lipinski definition) is 0. The van der Waals surface area contributed by atoms with Gasteiger partial charge >= 0.3 is 0 Å². The molecule has 94 valence electrons. The first-order valence-corrected chi connectivity index (χ1v) is 7.43. The maximum atomic E-state index is 11.9. The number of sulfone groups is 1. The molecule has 1 aromatic rings. The van der Waals surface area contributed by atoms with E-state index < -0.39 is 9.84 Å². The zero-order chi connectivity index (χ0) is 13.1. The zero-order valence-electron chi connectivity index (χ0n) is 10.4. The highest BCUT2D eigenvalue weighted by atomic mass is 32.2. The van der Waals surface area contributed by atoms with Crippen LogP contribution in [0.25, 0.3) is 0 Å². The number of benzene rings is 1. The Morgan fingerprint density at radius 1 is 1.24 bits per heavy atom. The van der Waals surface area contributed by atoms with E-state index in [9.17, 15) is 13.2 Å². The minimum absolute atomic E-state index is 0.0526. The first kappa shape index (κ1) is 13.9. The maximum Gasteiger partial charge on any atom is 0.178 e. The van der Waals surface area contributed by atoms with E-state index in [1.807, 2.05) is 0 Å². The van der Waals surface area contributed by atoms with Crippen molar-refractivity contribution in [3.8, 4) is 0 Å². The Kier molecular flexibility index (Phi) is 4.46. The molecule has 0 spiro atoms. The van der Waals surface area contributed by atoms with Gasteiger partial charge in [0.15, 0.2) is 9.84 Å². The summed E-state index contributed by atoms with van der Waals surface area (Å²) in [4.78, 5) is 12.0. The second-order valence-corrected chi connectivity index (χ2v) is 6.23. The van der Waals surface area contributed by atoms with Gasteiger partial charge in [0.1, 0.15) is 5.78 Å². The summed E-state index contributed by atoms with van der Waals surface area (Å²) in [7, 11) is -3.27. The summed E-state index contributed by atoms with van der Waals surface area (Å²) in [5.74, 6) is -0.252. The van der Waals surface area contributed by atoms with E-state index in [0.29, 0.717) is 12.0 Å². The van der Waals surface area contributed by atoms with Crippen LogP contribution in [0.1, 0.15) is 38.7 Å². The Balaban J connectivity index is 3.31. The molecule has 0 radical (unpaired) electrons. The highest BCUT2D eigenvalue weighted by Crippen LogP contribution is 2.26. The topological polar surface area (TPSA) is 51.2 Å². The molecular formula is C13H18O3S. The molecule has 0 aromatic heterocycles. The smallest absolute Gasteiger partial charge is 0.178 e. The molecule has 0 aliphatic carbocycles. The average molecular weight is 254 g/mol. The van der Waals surface area contributed by atoms with Crippen LogP contribution in [-0.2, 0) is 14.6 Å². The molecule has 1 atom stereocenters. The number of hydrogen-bond acceptors (Lipinski definition) is 3. The van der Waals surface area contributed by atoms with Gasteiger partial charge < -0.3 is 0 Å². The Hall–Kier alpha value is -1.16. The van der Waals surface area contributed by atoms with E-state index in [1.54, 1.807) is 45.0 Å². The lowest BCUT2D eigenvalue weighted by Gasteiger charge is -2.14. The quantitative estimate of drug-likeness (QED) is 0.811. The summed E-state index contributed by atoms with van der Waals surface area (Å²) in [6, 6.07) is 6.76. The van der Waals surface area contributed by atoms with Crippen molar-refractivity contribution in [3.05, 3.63) is 29.8 Å². The van der Waals surface area contributed by atoms with Crippen molar-refractivity contribution >= 4 is 15.6 Å². The fourth-order valence-electron chi connectivity index (χ4n) is 1.76. The molecule has 1 aromatic carbocycles. The molecule has 4 heteroatoms. The van der Waals surface area contributed by atoms with Crippen molar-refractivity contribution in [1.29, 1.82) is 0 Å². The third-order valence-electron chi connectivity index (χ3n) is 2.93. The van der Waals surface area contributed by atoms with Crippen molar-refractivity contribution in [2.45, 2.75) is 38.0 Å². The van der Waals surface area contributed by atoms with Crippen LogP contribution in [0.4, 0.5) is 0 Å². The fraction of sp³-hybridized carbons (Fsp3) is 0.462. The van der Waals surface area contributed by atoms with Crippen LogP contribution in [0.5, 0.6) is 0 Å². The number of carbonyl (C=O) groups is 1. The first-order valence-electron chi connectivity index (χ1n) is 5.78. The molecule has 0 saturated heterocycles. The van der Waals surface area contributed by atoms with Gasteiger partial charge in [-0.25, -0.2) is 8.42 Å². The van der Waals surface area contributed by atoms with Crippen LogP contribution in [-0.4, -0.2) is 20.0 Å². The van der Waals surface area contributed by atoms with Gasteiger partial charge in [0.25, 0.3) is 0 Å². The van der Waals surface area contributed by atoms with Crippen LogP contribution < -0.4 is 0 Å². The summed E-state index contributed by atoms with van der Waals surface area (Å²) in [6.45, 7) is 5.16. The molecule has 0 aliphatic heterocycles. The van der Waals surface area contributed by atoms with E-state index in [1.165, 1.54) is 0 Å². The van der Waals surface area contributed by atoms with E-state index in [0.717, 1.165) is 0 Å². The average Bonchev–Trinajstić information content (AvgIpc) is 2.36. The SMILES string of the molecule is CCC(=O)C(C)c1ccccc1S(=O)(=O)CC. The Labute approximate surface area is 103 Å². The van der Waals surface area contributed by atoms with Gasteiger partial charge in [0, 0.05) is 12.3 Å². The molecule has 0 fully saturated rings. The monoisotopic (exact) mass is 254 g/mol. The number of carbonyl (C=O) groups excluding carboxylic acids is 1. The fourth-order valence-corrected chi connectivity index (χ4v) is 2.96. The third-order valence-corrected chi connectivity index (χ3v) is 4.73. The van der Waals surface area contributed by atoms with Gasteiger partial charge in [-0.3, -0.25) is 4.79 Å². The summed E-state index contributed by atoms with van der Waals surface area (Å²) in [5.41, 5.74) is 0.612. The normalized spacial score (nSPS) is 13.4. The molecule has 0 amide bonds. The van der Waals surface area contributed by atoms with E-state index >= 15 is 0 Å². The highest BCUT2D eigenvalue weighted by Gasteiger charge is 2.22. The second kappa shape index (κ2) is 5.45. The van der Waals surface area contributed by atoms with Gasteiger partial charge in [-0.05, 0) is 11.6 Å². The predicted molar refractivity (Wildman–Crippen MR) is 67.9 cm³/mol. The molecule has 0 bridgehead atoms. The number of Topliss-reactive ketones (excluding diaryl/α,β-unsaturated/α-hetero) is 1. The summed E-state index contributed by atoms with van der Waals surface area (Å²) in [6.07, 6.45) is 0.418. The molecular weight excluding hydrogens is 236 g/mol. The first-order chi connectivity index (χ1) is 7.94. The van der Waals surface area contributed by atoms with E-state index in [2.05, 4.69) is 0 Å². The van der Waals surface area contributed by atoms with Crippen LogP contribution >= 0.6 is 0 Å². The Morgan fingerprint density at radius 3 is 2.35 bits per heavy atom. The lowest BCUT2D eigenvalue weighted by molar-refractivity contribution is -0.119. The Morgan fingerprint density at radius 2 is 1.82 bits per heavy atom. The van der Waals surface area contributed by atoms with Crippen molar-refractivity contribution in [1.82, 2.24) is 0 Å². The summed E-state index contributed by atoms with van der Waals surface area (Å²) < 4.78 is 23.9. The predicted octanol–water partition coefficient (Wildman–Crippen LogP) is 2.56. The van der Waals surface area contributed by atoms with Crippen LogP contribution in [0.15, 0.2) is 29.2 Å². The van der Waals surface area contributed by atoms with Gasteiger partial charge in [-0.1, -0.05) is 39.0 Å². The van der Waals surface area contributed by atoms with Crippen molar-refractivity contribution < 1.29 is 13.2 Å². The van der Waals surface area contributed by atoms with Crippen molar-refractivity contribution in [2.24, 2.45) is 0 Å². The number of rotatable bonds is 5. The molecule has 0 aliphatic rings. The minimum Gasteiger partial charge on any atom is -0.299 e. The molecule has 0 N–H and O–H groups in total. The van der Waals surface area contributed by atoms with Crippen LogP contribution in [0, 0.1) is 0 Å².